The monoisotopic (exact) mass is 488 g/mol. The summed E-state index contributed by atoms with van der Waals surface area (Å²) in [6, 6.07) is 19.4. The molecule has 0 aromatic heterocycles. The third-order valence-corrected chi connectivity index (χ3v) is 5.64. The Bertz CT molecular complexity index is 1270. The van der Waals surface area contributed by atoms with Crippen LogP contribution in [-0.4, -0.2) is 37.2 Å². The van der Waals surface area contributed by atoms with E-state index in [-0.39, 0.29) is 16.4 Å². The van der Waals surface area contributed by atoms with Crippen molar-refractivity contribution in [2.75, 3.05) is 24.3 Å². The lowest BCUT2D eigenvalue weighted by atomic mass is 9.98. The highest BCUT2D eigenvalue weighted by Crippen LogP contribution is 2.31. The zero-order valence-electron chi connectivity index (χ0n) is 19.1. The lowest BCUT2D eigenvalue weighted by Gasteiger charge is -2.30. The van der Waals surface area contributed by atoms with Crippen molar-refractivity contribution in [3.63, 3.8) is 0 Å². The fourth-order valence-corrected chi connectivity index (χ4v) is 3.85. The van der Waals surface area contributed by atoms with Crippen LogP contribution in [0.2, 0.25) is 5.02 Å². The molecule has 0 saturated heterocycles. The van der Waals surface area contributed by atoms with E-state index in [1.54, 1.807) is 36.4 Å². The number of benzene rings is 3. The number of halogens is 1. The fraction of sp³-hybridized carbons (Fsp3) is 0.148. The van der Waals surface area contributed by atoms with E-state index in [0.717, 1.165) is 10.5 Å². The molecule has 3 rings (SSSR count). The molecule has 0 saturated carbocycles. The van der Waals surface area contributed by atoms with Crippen LogP contribution in [0.4, 0.5) is 11.4 Å². The van der Waals surface area contributed by atoms with Gasteiger partial charge in [-0.15, -0.1) is 6.42 Å². The largest absolute Gasteiger partial charge is 0.495 e. The molecule has 0 fully saturated rings. The predicted octanol–water partition coefficient (Wildman–Crippen LogP) is 3.69. The molecule has 0 heterocycles. The summed E-state index contributed by atoms with van der Waals surface area (Å²) in [5, 5.41) is 11.9. The van der Waals surface area contributed by atoms with Gasteiger partial charge in [0.25, 0.3) is 0 Å². The van der Waals surface area contributed by atoms with Gasteiger partial charge in [0.2, 0.25) is 5.91 Å². The molecule has 0 aliphatic carbocycles. The van der Waals surface area contributed by atoms with E-state index in [2.05, 4.69) is 11.2 Å². The Kier molecular flexibility index (Phi) is 8.49. The van der Waals surface area contributed by atoms with Crippen molar-refractivity contribution >= 4 is 40.5 Å². The average Bonchev–Trinajstić information content (AvgIpc) is 2.87. The Labute approximate surface area is 209 Å². The van der Waals surface area contributed by atoms with E-state index < -0.39 is 17.9 Å². The van der Waals surface area contributed by atoms with E-state index in [1.807, 2.05) is 30.3 Å². The van der Waals surface area contributed by atoms with Crippen LogP contribution < -0.4 is 20.7 Å². The number of methoxy groups -OCH3 is 1. The average molecular weight is 489 g/mol. The summed E-state index contributed by atoms with van der Waals surface area (Å²) < 4.78 is 5.19. The van der Waals surface area contributed by atoms with Gasteiger partial charge in [0.05, 0.1) is 17.8 Å². The minimum absolute atomic E-state index is 0.184. The molecule has 4 N–H and O–H groups in total. The van der Waals surface area contributed by atoms with Gasteiger partial charge in [-0.2, -0.15) is 0 Å². The van der Waals surface area contributed by atoms with Crippen LogP contribution in [0.5, 0.6) is 5.75 Å². The molecule has 3 aromatic carbocycles. The number of hydrogen-bond donors (Lipinski definition) is 3. The van der Waals surface area contributed by atoms with Gasteiger partial charge in [0, 0.05) is 23.5 Å². The summed E-state index contributed by atoms with van der Waals surface area (Å²) >= 11 is 6.29. The predicted molar refractivity (Wildman–Crippen MR) is 139 cm³/mol. The third kappa shape index (κ3) is 5.99. The molecular weight excluding hydrogens is 464 g/mol. The third-order valence-electron chi connectivity index (χ3n) is 5.34. The number of terminal acetylenes is 1. The number of ether oxygens (including phenoxy) is 1. The van der Waals surface area contributed by atoms with Gasteiger partial charge in [-0.25, -0.2) is 0 Å². The van der Waals surface area contributed by atoms with Gasteiger partial charge in [0.15, 0.2) is 6.04 Å². The molecule has 1 atom stereocenters. The second-order valence-corrected chi connectivity index (χ2v) is 7.98. The summed E-state index contributed by atoms with van der Waals surface area (Å²) in [7, 11) is 1.46. The van der Waals surface area contributed by atoms with Crippen LogP contribution in [-0.2, 0) is 16.0 Å². The molecule has 1 unspecified atom stereocenters. The van der Waals surface area contributed by atoms with E-state index in [1.165, 1.54) is 13.2 Å². The molecule has 35 heavy (non-hydrogen) atoms. The van der Waals surface area contributed by atoms with Crippen molar-refractivity contribution < 1.29 is 14.3 Å². The number of nitrogens with one attached hydrogen (secondary N) is 2. The smallest absolute Gasteiger partial charge is 0.303 e. The molecule has 2 amide bonds. The highest BCUT2D eigenvalue weighted by molar-refractivity contribution is 6.32. The van der Waals surface area contributed by atoms with Crippen molar-refractivity contribution in [1.29, 1.82) is 5.41 Å². The zero-order chi connectivity index (χ0) is 25.4. The minimum Gasteiger partial charge on any atom is -0.495 e. The Morgan fingerprint density at radius 1 is 1.14 bits per heavy atom. The van der Waals surface area contributed by atoms with Crippen LogP contribution in [0.1, 0.15) is 11.1 Å². The molecule has 8 heteroatoms. The van der Waals surface area contributed by atoms with Gasteiger partial charge in [0.1, 0.15) is 5.75 Å². The quantitative estimate of drug-likeness (QED) is 0.242. The minimum atomic E-state index is -1.40. The first-order valence-corrected chi connectivity index (χ1v) is 11.1. The molecular formula is C27H25ClN4O3. The number of hydrogen-bond acceptors (Lipinski definition) is 5. The fourth-order valence-electron chi connectivity index (χ4n) is 3.60. The summed E-state index contributed by atoms with van der Waals surface area (Å²) in [6.07, 6.45) is 6.03. The van der Waals surface area contributed by atoms with Gasteiger partial charge < -0.3 is 21.2 Å². The first-order valence-electron chi connectivity index (χ1n) is 10.8. The summed E-state index contributed by atoms with van der Waals surface area (Å²) in [5.74, 6) is 1.05. The normalized spacial score (nSPS) is 11.1. The number of anilines is 2. The maximum atomic E-state index is 13.5. The summed E-state index contributed by atoms with van der Waals surface area (Å²) in [6.45, 7) is 0.290. The topological polar surface area (TPSA) is 109 Å². The SMILES string of the molecule is C#CC(=O)N(c1ccc(OC)c(Cl)c1)C(C(=N)c1ccccc1N)C(=O)NCCc1ccccc1. The molecule has 0 radical (unpaired) electrons. The second kappa shape index (κ2) is 11.7. The number of nitrogen functional groups attached to an aromatic ring is 1. The van der Waals surface area contributed by atoms with Crippen molar-refractivity contribution in [2.45, 2.75) is 12.5 Å². The Morgan fingerprint density at radius 2 is 1.83 bits per heavy atom. The number of amides is 2. The van der Waals surface area contributed by atoms with Crippen molar-refractivity contribution in [1.82, 2.24) is 5.32 Å². The van der Waals surface area contributed by atoms with Crippen LogP contribution in [0, 0.1) is 17.8 Å². The standard InChI is InChI=1S/C27H25ClN4O3/c1-3-24(33)32(19-13-14-23(35-2)21(28)17-19)26(25(30)20-11-7-8-12-22(20)29)27(34)31-16-15-18-9-5-4-6-10-18/h1,4-14,17,26,30H,15-16,29H2,2H3,(H,31,34). The molecule has 0 spiro atoms. The van der Waals surface area contributed by atoms with Crippen molar-refractivity contribution in [2.24, 2.45) is 0 Å². The van der Waals surface area contributed by atoms with Gasteiger partial charge >= 0.3 is 5.91 Å². The molecule has 7 nitrogen and oxygen atoms in total. The number of para-hydroxylation sites is 1. The Balaban J connectivity index is 2.01. The number of rotatable bonds is 9. The number of carbonyl (C=O) groups is 2. The highest BCUT2D eigenvalue weighted by atomic mass is 35.5. The van der Waals surface area contributed by atoms with Gasteiger partial charge in [-0.1, -0.05) is 60.1 Å². The zero-order valence-corrected chi connectivity index (χ0v) is 19.9. The van der Waals surface area contributed by atoms with E-state index >= 15 is 0 Å². The maximum absolute atomic E-state index is 13.5. The van der Waals surface area contributed by atoms with Crippen LogP contribution >= 0.6 is 11.6 Å². The Hall–Kier alpha value is -4.28. The molecule has 0 bridgehead atoms. The summed E-state index contributed by atoms with van der Waals surface area (Å²) in [5.41, 5.74) is 7.78. The lowest BCUT2D eigenvalue weighted by Crippen LogP contribution is -2.54. The number of nitrogens with zero attached hydrogens (tertiary/aromatic N) is 1. The van der Waals surface area contributed by atoms with Crippen molar-refractivity contribution in [3.05, 3.63) is 88.9 Å². The first kappa shape index (κ1) is 25.3. The molecule has 178 valence electrons. The number of carbonyl (C=O) groups excluding carboxylic acids is 2. The van der Waals surface area contributed by atoms with Gasteiger partial charge in [-0.3, -0.25) is 14.5 Å². The maximum Gasteiger partial charge on any atom is 0.303 e. The van der Waals surface area contributed by atoms with Crippen LogP contribution in [0.3, 0.4) is 0 Å². The van der Waals surface area contributed by atoms with Crippen molar-refractivity contribution in [3.8, 4) is 18.1 Å². The molecule has 0 aliphatic heterocycles. The van der Waals surface area contributed by atoms with E-state index in [9.17, 15) is 9.59 Å². The van der Waals surface area contributed by atoms with Crippen LogP contribution in [0.15, 0.2) is 72.8 Å². The highest BCUT2D eigenvalue weighted by Gasteiger charge is 2.35. The van der Waals surface area contributed by atoms with Gasteiger partial charge in [-0.05, 0) is 42.2 Å². The Morgan fingerprint density at radius 3 is 2.46 bits per heavy atom. The molecule has 0 aliphatic rings. The second-order valence-electron chi connectivity index (χ2n) is 7.57. The first-order chi connectivity index (χ1) is 16.9. The summed E-state index contributed by atoms with van der Waals surface area (Å²) in [4.78, 5) is 27.5. The van der Waals surface area contributed by atoms with E-state index in [4.69, 9.17) is 33.9 Å². The number of nitrogens with two attached hydrogens (primary N) is 1. The van der Waals surface area contributed by atoms with E-state index in [0.29, 0.717) is 30.0 Å². The lowest BCUT2D eigenvalue weighted by molar-refractivity contribution is -0.123. The van der Waals surface area contributed by atoms with Crippen LogP contribution in [0.25, 0.3) is 0 Å². The molecule has 3 aromatic rings.